The topological polar surface area (TPSA) is 29.3 Å². The van der Waals surface area contributed by atoms with Gasteiger partial charge in [0.2, 0.25) is 0 Å². The lowest BCUT2D eigenvalue weighted by atomic mass is 10.1. The van der Waals surface area contributed by atoms with Crippen molar-refractivity contribution in [3.63, 3.8) is 0 Å². The maximum absolute atomic E-state index is 5.69. The predicted molar refractivity (Wildman–Crippen MR) is 83.8 cm³/mol. The summed E-state index contributed by atoms with van der Waals surface area (Å²) in [6.45, 7) is 2.35. The van der Waals surface area contributed by atoms with Crippen molar-refractivity contribution in [2.24, 2.45) is 5.73 Å². The van der Waals surface area contributed by atoms with Crippen LogP contribution in [0.1, 0.15) is 11.1 Å². The molecule has 0 spiro atoms. The molecule has 0 aliphatic carbocycles. The molecule has 0 aromatic heterocycles. The van der Waals surface area contributed by atoms with Crippen LogP contribution in [0.15, 0.2) is 60.7 Å². The number of nitrogens with zero attached hydrogens (tertiary/aromatic N) is 1. The molecule has 0 bridgehead atoms. The van der Waals surface area contributed by atoms with E-state index in [2.05, 4.69) is 53.4 Å². The van der Waals surface area contributed by atoms with E-state index in [1.807, 2.05) is 12.1 Å². The molecule has 0 atom stereocenters. The van der Waals surface area contributed by atoms with Gasteiger partial charge in [0, 0.05) is 19.6 Å². The summed E-state index contributed by atoms with van der Waals surface area (Å²) in [6, 6.07) is 20.8. The van der Waals surface area contributed by atoms with Gasteiger partial charge in [-0.2, -0.15) is 0 Å². The quantitative estimate of drug-likeness (QED) is 0.818. The highest BCUT2D eigenvalue weighted by Gasteiger charge is 2.08. The number of benzene rings is 2. The molecule has 0 saturated carbocycles. The third kappa shape index (κ3) is 4.81. The molecule has 0 amide bonds. The fraction of sp³-hybridized carbons (Fsp3) is 0.188. The Kier molecular flexibility index (Phi) is 5.07. The molecule has 2 aromatic carbocycles. The lowest BCUT2D eigenvalue weighted by molar-refractivity contribution is 0.295. The van der Waals surface area contributed by atoms with Crippen molar-refractivity contribution in [3.8, 4) is 0 Å². The molecule has 2 N–H and O–H groups in total. The van der Waals surface area contributed by atoms with Gasteiger partial charge in [-0.15, -0.1) is 0 Å². The van der Waals surface area contributed by atoms with E-state index in [4.69, 9.17) is 18.0 Å². The zero-order valence-electron chi connectivity index (χ0n) is 10.8. The summed E-state index contributed by atoms with van der Waals surface area (Å²) in [6.07, 6.45) is 0. The molecule has 0 unspecified atom stereocenters. The van der Waals surface area contributed by atoms with E-state index in [9.17, 15) is 0 Å². The molecule has 3 heteroatoms. The first kappa shape index (κ1) is 13.7. The van der Waals surface area contributed by atoms with Crippen LogP contribution in [0.3, 0.4) is 0 Å². The van der Waals surface area contributed by atoms with Gasteiger partial charge in [0.25, 0.3) is 0 Å². The van der Waals surface area contributed by atoms with E-state index in [1.165, 1.54) is 11.1 Å². The van der Waals surface area contributed by atoms with Crippen LogP contribution in [0.25, 0.3) is 0 Å². The van der Waals surface area contributed by atoms with Crippen molar-refractivity contribution in [1.82, 2.24) is 4.90 Å². The summed E-state index contributed by atoms with van der Waals surface area (Å²) in [5, 5.41) is 0. The Bertz CT molecular complexity index is 469. The van der Waals surface area contributed by atoms with E-state index in [-0.39, 0.29) is 0 Å². The van der Waals surface area contributed by atoms with Gasteiger partial charge < -0.3 is 5.73 Å². The number of thiocarbonyl (C=S) groups is 1. The van der Waals surface area contributed by atoms with Gasteiger partial charge in [0.1, 0.15) is 0 Å². The average Bonchev–Trinajstić information content (AvgIpc) is 2.40. The van der Waals surface area contributed by atoms with Gasteiger partial charge in [-0.1, -0.05) is 72.9 Å². The van der Waals surface area contributed by atoms with E-state index in [0.29, 0.717) is 11.5 Å². The molecular formula is C16H18N2S. The van der Waals surface area contributed by atoms with Crippen LogP contribution in [-0.4, -0.2) is 16.4 Å². The molecule has 0 fully saturated rings. The molecule has 98 valence electrons. The number of rotatable bonds is 6. The van der Waals surface area contributed by atoms with Crippen LogP contribution in [0.4, 0.5) is 0 Å². The SMILES string of the molecule is NC(=S)CN(Cc1ccccc1)Cc1ccccc1. The number of hydrogen-bond donors (Lipinski definition) is 1. The van der Waals surface area contributed by atoms with E-state index in [1.54, 1.807) is 0 Å². The Morgan fingerprint density at radius 3 is 1.63 bits per heavy atom. The van der Waals surface area contributed by atoms with Gasteiger partial charge in [-0.05, 0) is 11.1 Å². The van der Waals surface area contributed by atoms with Crippen LogP contribution >= 0.6 is 12.2 Å². The van der Waals surface area contributed by atoms with Crippen LogP contribution < -0.4 is 5.73 Å². The molecule has 0 aliphatic rings. The smallest absolute Gasteiger partial charge is 0.0870 e. The zero-order chi connectivity index (χ0) is 13.5. The number of hydrogen-bond acceptors (Lipinski definition) is 2. The maximum Gasteiger partial charge on any atom is 0.0870 e. The summed E-state index contributed by atoms with van der Waals surface area (Å²) in [5.74, 6) is 0. The second-order valence-corrected chi connectivity index (χ2v) is 5.11. The Labute approximate surface area is 119 Å². The third-order valence-electron chi connectivity index (χ3n) is 2.88. The molecule has 0 saturated heterocycles. The fourth-order valence-electron chi connectivity index (χ4n) is 2.07. The minimum Gasteiger partial charge on any atom is -0.392 e. The minimum absolute atomic E-state index is 0.534. The second kappa shape index (κ2) is 7.02. The Morgan fingerprint density at radius 1 is 0.842 bits per heavy atom. The van der Waals surface area contributed by atoms with Gasteiger partial charge in [-0.3, -0.25) is 4.90 Å². The van der Waals surface area contributed by atoms with Gasteiger partial charge in [0.05, 0.1) is 4.99 Å². The molecule has 2 rings (SSSR count). The highest BCUT2D eigenvalue weighted by Crippen LogP contribution is 2.09. The maximum atomic E-state index is 5.69. The zero-order valence-corrected chi connectivity index (χ0v) is 11.6. The molecule has 0 heterocycles. The minimum atomic E-state index is 0.534. The highest BCUT2D eigenvalue weighted by molar-refractivity contribution is 7.80. The van der Waals surface area contributed by atoms with Crippen LogP contribution in [0, 0.1) is 0 Å². The van der Waals surface area contributed by atoms with Crippen LogP contribution in [0.5, 0.6) is 0 Å². The van der Waals surface area contributed by atoms with Crippen LogP contribution in [0.2, 0.25) is 0 Å². The lowest BCUT2D eigenvalue weighted by Crippen LogP contribution is -2.31. The molecule has 2 aromatic rings. The molecule has 0 aliphatic heterocycles. The molecule has 19 heavy (non-hydrogen) atoms. The Hall–Kier alpha value is -1.71. The summed E-state index contributed by atoms with van der Waals surface area (Å²) in [7, 11) is 0. The lowest BCUT2D eigenvalue weighted by Gasteiger charge is -2.22. The fourth-order valence-corrected chi connectivity index (χ4v) is 2.25. The number of nitrogens with two attached hydrogens (primary N) is 1. The van der Waals surface area contributed by atoms with Crippen molar-refractivity contribution < 1.29 is 0 Å². The first-order valence-corrected chi connectivity index (χ1v) is 6.73. The van der Waals surface area contributed by atoms with Crippen molar-refractivity contribution >= 4 is 17.2 Å². The van der Waals surface area contributed by atoms with Gasteiger partial charge >= 0.3 is 0 Å². The van der Waals surface area contributed by atoms with Gasteiger partial charge in [-0.25, -0.2) is 0 Å². The first-order chi connectivity index (χ1) is 9.24. The first-order valence-electron chi connectivity index (χ1n) is 6.32. The molecule has 0 radical (unpaired) electrons. The second-order valence-electron chi connectivity index (χ2n) is 4.58. The van der Waals surface area contributed by atoms with E-state index < -0.39 is 0 Å². The summed E-state index contributed by atoms with van der Waals surface area (Å²) in [4.78, 5) is 2.79. The van der Waals surface area contributed by atoms with Crippen molar-refractivity contribution in [1.29, 1.82) is 0 Å². The van der Waals surface area contributed by atoms with Crippen molar-refractivity contribution in [2.75, 3.05) is 6.54 Å². The Balaban J connectivity index is 2.06. The standard InChI is InChI=1S/C16H18N2S/c17-16(19)13-18(11-14-7-3-1-4-8-14)12-15-9-5-2-6-10-15/h1-10H,11-13H2,(H2,17,19). The summed E-state index contributed by atoms with van der Waals surface area (Å²) >= 11 is 5.04. The van der Waals surface area contributed by atoms with E-state index >= 15 is 0 Å². The van der Waals surface area contributed by atoms with Crippen molar-refractivity contribution in [3.05, 3.63) is 71.8 Å². The summed E-state index contributed by atoms with van der Waals surface area (Å²) in [5.41, 5.74) is 8.24. The summed E-state index contributed by atoms with van der Waals surface area (Å²) < 4.78 is 0. The largest absolute Gasteiger partial charge is 0.392 e. The van der Waals surface area contributed by atoms with E-state index in [0.717, 1.165) is 13.1 Å². The Morgan fingerprint density at radius 2 is 1.26 bits per heavy atom. The van der Waals surface area contributed by atoms with Gasteiger partial charge in [0.15, 0.2) is 0 Å². The van der Waals surface area contributed by atoms with Crippen LogP contribution in [-0.2, 0) is 13.1 Å². The average molecular weight is 270 g/mol. The third-order valence-corrected chi connectivity index (χ3v) is 3.01. The predicted octanol–water partition coefficient (Wildman–Crippen LogP) is 2.97. The normalized spacial score (nSPS) is 10.6. The van der Waals surface area contributed by atoms with Crippen molar-refractivity contribution in [2.45, 2.75) is 13.1 Å². The monoisotopic (exact) mass is 270 g/mol. The molecule has 2 nitrogen and oxygen atoms in total. The highest BCUT2D eigenvalue weighted by atomic mass is 32.1. The molecular weight excluding hydrogens is 252 g/mol.